The number of fused-ring (bicyclic) bond motifs is 18. The molecular weight excluding hydrogens is 1490 g/mol. The molecule has 0 spiro atoms. The van der Waals surface area contributed by atoms with E-state index in [2.05, 4.69) is 399 Å². The molecule has 0 amide bonds. The van der Waals surface area contributed by atoms with Crippen molar-refractivity contribution in [3.63, 3.8) is 0 Å². The predicted molar refractivity (Wildman–Crippen MR) is 493 cm³/mol. The standard InChI is InChI=1S/C54H34N4.C30H20N2.C24H15BrN2/c1-3-15-36(16-4-1)54-55-52(45-29-26-35-14-7-8-21-42(35)53(45)56-54)39-17-13-20-41(32-39)58-49-25-12-10-23-44(49)47-34-38(28-31-51(47)58)37-27-30-50-46(33-37)43-22-9-11-24-48(43)57(50)40-18-5-2-6-19-40;1-2-8-22(9-3-1)32-29-13-7-5-11-24(29)26-19-21(15-17-30(26)32)20-14-16-28-25(18-20)23-10-4-6-12-27(23)31-28;25-19-11-6-10-18(15-19)22-21-14-13-16-7-4-5-12-20(16)23(21)27-24(26-22)17-8-2-1-3-9-17/h1-34H;1-19,31H;1-15H. The fourth-order valence-corrected chi connectivity index (χ4v) is 17.9. The molecule has 0 aliphatic heterocycles. The largest absolute Gasteiger partial charge is 0.355 e. The molecule has 8 nitrogen and oxygen atoms in total. The first-order valence-electron chi connectivity index (χ1n) is 39.5. The van der Waals surface area contributed by atoms with Gasteiger partial charge in [-0.15, -0.1) is 0 Å². The maximum atomic E-state index is 5.28. The third kappa shape index (κ3) is 12.1. The van der Waals surface area contributed by atoms with Crippen LogP contribution in [0.4, 0.5) is 0 Å². The zero-order valence-corrected chi connectivity index (χ0v) is 64.9. The molecule has 6 heterocycles. The number of hydrogen-bond acceptors (Lipinski definition) is 4. The summed E-state index contributed by atoms with van der Waals surface area (Å²) in [4.78, 5) is 23.9. The summed E-state index contributed by atoms with van der Waals surface area (Å²) in [6.45, 7) is 0. The Hall–Kier alpha value is -15.2. The van der Waals surface area contributed by atoms with Gasteiger partial charge in [0.15, 0.2) is 11.6 Å². The Morgan fingerprint density at radius 2 is 0.538 bits per heavy atom. The summed E-state index contributed by atoms with van der Waals surface area (Å²) in [6, 6.07) is 146. The SMILES string of the molecule is Brc1cccc(-c2nc(-c3ccccc3)nc3c2ccc2ccccc23)c1.c1ccc(-c2nc(-c3cccc(-n4c5ccccc5c5cc(-c6ccc7c(c6)c6ccccc6n7-c6ccccc6)ccc54)c3)c3ccc4ccccc4c3n2)cc1.c1ccc(-n2c3ccccc3c3cc(-c4ccc5[nH]c6ccccc6c5c4)ccc32)cc1. The fourth-order valence-electron chi connectivity index (χ4n) is 17.5. The molecule has 18 aromatic carbocycles. The highest BCUT2D eigenvalue weighted by atomic mass is 79.9. The van der Waals surface area contributed by atoms with Crippen LogP contribution in [0, 0.1) is 0 Å². The van der Waals surface area contributed by atoms with E-state index in [4.69, 9.17) is 19.9 Å². The normalized spacial score (nSPS) is 11.6. The maximum Gasteiger partial charge on any atom is 0.160 e. The maximum absolute atomic E-state index is 5.28. The van der Waals surface area contributed by atoms with Crippen LogP contribution in [0.15, 0.2) is 417 Å². The molecule has 6 aromatic heterocycles. The van der Waals surface area contributed by atoms with Crippen molar-refractivity contribution in [1.82, 2.24) is 38.6 Å². The summed E-state index contributed by atoms with van der Waals surface area (Å²) in [7, 11) is 0. The van der Waals surface area contributed by atoms with E-state index < -0.39 is 0 Å². The first-order chi connectivity index (χ1) is 57.9. The van der Waals surface area contributed by atoms with Crippen molar-refractivity contribution in [2.75, 3.05) is 0 Å². The van der Waals surface area contributed by atoms with Gasteiger partial charge >= 0.3 is 0 Å². The zero-order chi connectivity index (χ0) is 77.4. The van der Waals surface area contributed by atoms with E-state index in [1.165, 1.54) is 110 Å². The Balaban J connectivity index is 0.000000118. The van der Waals surface area contributed by atoms with Crippen molar-refractivity contribution in [1.29, 1.82) is 0 Å². The third-order valence-electron chi connectivity index (χ3n) is 22.9. The topological polar surface area (TPSA) is 82.1 Å². The number of H-pyrrole nitrogens is 1. The van der Waals surface area contributed by atoms with E-state index in [0.717, 1.165) is 110 Å². The van der Waals surface area contributed by atoms with Crippen LogP contribution in [0.2, 0.25) is 0 Å². The van der Waals surface area contributed by atoms with Crippen LogP contribution < -0.4 is 0 Å². The highest BCUT2D eigenvalue weighted by Crippen LogP contribution is 2.43. The zero-order valence-electron chi connectivity index (χ0n) is 63.3. The molecule has 0 atom stereocenters. The van der Waals surface area contributed by atoms with Crippen LogP contribution in [0.1, 0.15) is 0 Å². The van der Waals surface area contributed by atoms with Crippen LogP contribution in [-0.4, -0.2) is 38.6 Å². The van der Waals surface area contributed by atoms with E-state index in [9.17, 15) is 0 Å². The van der Waals surface area contributed by atoms with Crippen LogP contribution in [0.3, 0.4) is 0 Å². The predicted octanol–water partition coefficient (Wildman–Crippen LogP) is 28.9. The molecule has 0 radical (unpaired) electrons. The average molecular weight is 1560 g/mol. The third-order valence-corrected chi connectivity index (χ3v) is 23.4. The van der Waals surface area contributed by atoms with Gasteiger partial charge in [-0.3, -0.25) is 0 Å². The van der Waals surface area contributed by atoms with Crippen LogP contribution >= 0.6 is 15.9 Å². The second-order valence-electron chi connectivity index (χ2n) is 29.8. The molecule has 0 saturated heterocycles. The highest BCUT2D eigenvalue weighted by Gasteiger charge is 2.22. The molecule has 24 aromatic rings. The molecule has 9 heteroatoms. The minimum absolute atomic E-state index is 0.720. The molecule has 1 N–H and O–H groups in total. The minimum atomic E-state index is 0.720. The summed E-state index contributed by atoms with van der Waals surface area (Å²) in [5.41, 5.74) is 25.8. The Morgan fingerprint density at radius 3 is 1.01 bits per heavy atom. The molecule has 24 rings (SSSR count). The smallest absolute Gasteiger partial charge is 0.160 e. The Kier molecular flexibility index (Phi) is 16.9. The van der Waals surface area contributed by atoms with E-state index in [1.807, 2.05) is 48.5 Å². The average Bonchev–Trinajstić information content (AvgIpc) is 1.71. The summed E-state index contributed by atoms with van der Waals surface area (Å²) in [5, 5.41) is 16.7. The van der Waals surface area contributed by atoms with Gasteiger partial charge in [-0.05, 0) is 166 Å². The fraction of sp³-hybridized carbons (Fsp3) is 0. The molecule has 0 bridgehead atoms. The molecule has 0 saturated carbocycles. The number of hydrogen-bond donors (Lipinski definition) is 1. The molecule has 0 aliphatic rings. The van der Waals surface area contributed by atoms with Crippen molar-refractivity contribution < 1.29 is 0 Å². The Morgan fingerprint density at radius 1 is 0.197 bits per heavy atom. The van der Waals surface area contributed by atoms with Gasteiger partial charge in [-0.1, -0.05) is 295 Å². The molecule has 0 fully saturated rings. The summed E-state index contributed by atoms with van der Waals surface area (Å²) < 4.78 is 8.16. The Bertz CT molecular complexity index is 8020. The van der Waals surface area contributed by atoms with Crippen LogP contribution in [-0.2, 0) is 0 Å². The summed E-state index contributed by atoms with van der Waals surface area (Å²) in [5.74, 6) is 1.46. The van der Waals surface area contributed by atoms with Crippen LogP contribution in [0.25, 0.3) is 215 Å². The van der Waals surface area contributed by atoms with Gasteiger partial charge in [0.05, 0.1) is 55.5 Å². The number of benzene rings is 18. The highest BCUT2D eigenvalue weighted by molar-refractivity contribution is 9.10. The monoisotopic (exact) mass is 1560 g/mol. The first kappa shape index (κ1) is 68.6. The summed E-state index contributed by atoms with van der Waals surface area (Å²) >= 11 is 3.58. The number of halogens is 1. The second-order valence-corrected chi connectivity index (χ2v) is 30.7. The molecular formula is C108H69BrN8. The number of nitrogens with zero attached hydrogens (tertiary/aromatic N) is 7. The van der Waals surface area contributed by atoms with Crippen molar-refractivity contribution in [3.8, 4) is 84.6 Å². The molecule has 117 heavy (non-hydrogen) atoms. The quantitative estimate of drug-likeness (QED) is 0.146. The van der Waals surface area contributed by atoms with Gasteiger partial charge in [-0.25, -0.2) is 19.9 Å². The van der Waals surface area contributed by atoms with Crippen molar-refractivity contribution in [2.24, 2.45) is 0 Å². The van der Waals surface area contributed by atoms with E-state index >= 15 is 0 Å². The molecule has 0 aliphatic carbocycles. The second kappa shape index (κ2) is 28.8. The van der Waals surface area contributed by atoms with Gasteiger partial charge in [0, 0.05) is 119 Å². The Labute approximate surface area is 681 Å². The number of aromatic amines is 1. The number of aromatic nitrogens is 8. The summed E-state index contributed by atoms with van der Waals surface area (Å²) in [6.07, 6.45) is 0. The lowest BCUT2D eigenvalue weighted by Gasteiger charge is -2.14. The lowest BCUT2D eigenvalue weighted by atomic mass is 10.0. The van der Waals surface area contributed by atoms with Crippen LogP contribution in [0.5, 0.6) is 0 Å². The van der Waals surface area contributed by atoms with Crippen molar-refractivity contribution in [3.05, 3.63) is 417 Å². The van der Waals surface area contributed by atoms with E-state index in [0.29, 0.717) is 0 Å². The molecule has 0 unspecified atom stereocenters. The van der Waals surface area contributed by atoms with E-state index in [1.54, 1.807) is 0 Å². The first-order valence-corrected chi connectivity index (χ1v) is 40.3. The van der Waals surface area contributed by atoms with Gasteiger partial charge < -0.3 is 18.7 Å². The number of nitrogens with one attached hydrogen (secondary N) is 1. The van der Waals surface area contributed by atoms with Gasteiger partial charge in [0.2, 0.25) is 0 Å². The lowest BCUT2D eigenvalue weighted by Crippen LogP contribution is -1.98. The van der Waals surface area contributed by atoms with E-state index in [-0.39, 0.29) is 0 Å². The molecule has 548 valence electrons. The lowest BCUT2D eigenvalue weighted by molar-refractivity contribution is 1.18. The van der Waals surface area contributed by atoms with Gasteiger partial charge in [0.1, 0.15) is 0 Å². The van der Waals surface area contributed by atoms with Gasteiger partial charge in [0.25, 0.3) is 0 Å². The number of rotatable bonds is 9. The van der Waals surface area contributed by atoms with Gasteiger partial charge in [-0.2, -0.15) is 0 Å². The minimum Gasteiger partial charge on any atom is -0.355 e. The number of para-hydroxylation sites is 6. The van der Waals surface area contributed by atoms with Crippen molar-refractivity contribution in [2.45, 2.75) is 0 Å². The van der Waals surface area contributed by atoms with Crippen molar-refractivity contribution >= 4 is 147 Å².